The summed E-state index contributed by atoms with van der Waals surface area (Å²) in [6, 6.07) is 0.490. The van der Waals surface area contributed by atoms with Crippen LogP contribution in [-0.4, -0.2) is 148 Å². The van der Waals surface area contributed by atoms with Crippen LogP contribution in [0.3, 0.4) is 0 Å². The number of hydrogen-bond donors (Lipinski definition) is 7. The lowest BCUT2D eigenvalue weighted by molar-refractivity contribution is -0.894. The highest BCUT2D eigenvalue weighted by Crippen LogP contribution is 2.61. The van der Waals surface area contributed by atoms with E-state index in [-0.39, 0.29) is 23.5 Å². The van der Waals surface area contributed by atoms with Crippen molar-refractivity contribution in [3.8, 4) is 0 Å². The number of benzene rings is 1. The predicted molar refractivity (Wildman–Crippen MR) is 261 cm³/mol. The average Bonchev–Trinajstić information content (AvgIpc) is 3.89. The van der Waals surface area contributed by atoms with Crippen molar-refractivity contribution in [1.82, 2.24) is 19.5 Å². The number of nitrogens with one attached hydrogen (secondary N) is 4. The molecule has 1 fully saturated rings. The van der Waals surface area contributed by atoms with Crippen LogP contribution in [-0.2, 0) is 37.3 Å². The second kappa shape index (κ2) is 33.1. The number of nitrogens with two attached hydrogens (primary N) is 1. The van der Waals surface area contributed by atoms with E-state index in [1.165, 1.54) is 78.5 Å². The number of non-ortho nitro benzene ring substituents is 1. The second-order valence-electron chi connectivity index (χ2n) is 16.0. The summed E-state index contributed by atoms with van der Waals surface area (Å²) in [4.78, 5) is 94.6. The lowest BCUT2D eigenvalue weighted by Crippen LogP contribution is -3.11. The van der Waals surface area contributed by atoms with Gasteiger partial charge in [-0.15, -0.1) is 0 Å². The van der Waals surface area contributed by atoms with Gasteiger partial charge in [0.05, 0.1) is 126 Å². The number of aliphatic hydroxyl groups excluding tert-OH is 2. The fraction of sp³-hybridized carbons (Fsp3) is 0.725. The molecule has 1 aliphatic heterocycles. The molecule has 0 amide bonds. The Morgan fingerprint density at radius 3 is 1.36 bits per heavy atom. The summed E-state index contributed by atoms with van der Waals surface area (Å²) >= 11 is 0. The predicted octanol–water partition coefficient (Wildman–Crippen LogP) is -3.51. The molecule has 0 saturated carbocycles. The molecule has 2 unspecified atom stereocenters. The van der Waals surface area contributed by atoms with Gasteiger partial charge in [0.2, 0.25) is 5.72 Å². The van der Waals surface area contributed by atoms with Gasteiger partial charge in [-0.05, 0) is 83.1 Å². The van der Waals surface area contributed by atoms with Crippen LogP contribution in [0.4, 0.5) is 22.9 Å². The maximum Gasteiger partial charge on any atom is 0.291 e. The van der Waals surface area contributed by atoms with E-state index < -0.39 is 97.2 Å². The third kappa shape index (κ3) is 21.1. The minimum atomic E-state index is -6.45. The van der Waals surface area contributed by atoms with Crippen LogP contribution in [0.15, 0.2) is 24.8 Å². The zero-order chi connectivity index (χ0) is 57.4. The fourth-order valence-electron chi connectivity index (χ4n) is 7.37. The topological polar surface area (TPSA) is 438 Å². The number of quaternary nitrogens is 4. The Bertz CT molecular complexity index is 2230. The number of phosphoric ester groups is 1. The van der Waals surface area contributed by atoms with Crippen LogP contribution in [0.5, 0.6) is 0 Å². The number of nitro groups is 3. The molecule has 0 spiro atoms. The van der Waals surface area contributed by atoms with Gasteiger partial charge in [-0.3, -0.25) is 48.4 Å². The van der Waals surface area contributed by atoms with Gasteiger partial charge < -0.3 is 68.9 Å². The summed E-state index contributed by atoms with van der Waals surface area (Å²) < 4.78 is 51.0. The molecule has 1 aromatic carbocycles. The van der Waals surface area contributed by atoms with Crippen molar-refractivity contribution in [3.63, 3.8) is 0 Å². The first-order valence-corrected chi connectivity index (χ1v) is 28.5. The third-order valence-corrected chi connectivity index (χ3v) is 15.7. The van der Waals surface area contributed by atoms with Crippen molar-refractivity contribution in [1.29, 1.82) is 0 Å². The van der Waals surface area contributed by atoms with Crippen molar-refractivity contribution < 1.29 is 95.7 Å². The highest BCUT2D eigenvalue weighted by Gasteiger charge is 2.63. The van der Waals surface area contributed by atoms with Crippen LogP contribution in [0.1, 0.15) is 88.6 Å². The number of imidazole rings is 1. The minimum Gasteiger partial charge on any atom is -0.790 e. The molecule has 6 atom stereocenters. The molecule has 34 heteroatoms. The molecule has 0 radical (unpaired) electrons. The highest BCUT2D eigenvalue weighted by atomic mass is 31.3. The monoisotopic (exact) mass is 1120 g/mol. The van der Waals surface area contributed by atoms with Gasteiger partial charge in [0.15, 0.2) is 17.0 Å². The number of nitrogens with zero attached hydrogens (tertiary/aromatic N) is 7. The number of anilines is 1. The van der Waals surface area contributed by atoms with Gasteiger partial charge in [-0.25, -0.2) is 19.3 Å². The summed E-state index contributed by atoms with van der Waals surface area (Å²) in [7, 11) is -19.1. The van der Waals surface area contributed by atoms with Gasteiger partial charge in [0.1, 0.15) is 30.2 Å². The van der Waals surface area contributed by atoms with E-state index in [2.05, 4.69) is 111 Å². The number of fused-ring (bicyclic) bond motifs is 1. The van der Waals surface area contributed by atoms with E-state index in [1.807, 2.05) is 0 Å². The number of nitrogen functional groups attached to an aromatic ring is 1. The molecule has 8 N–H and O–H groups in total. The molecule has 4 rings (SSSR count). The van der Waals surface area contributed by atoms with Crippen LogP contribution in [0, 0.1) is 30.3 Å². The molecular weight excluding hydrogens is 1050 g/mol. The van der Waals surface area contributed by atoms with Gasteiger partial charge in [0, 0.05) is 0 Å². The summed E-state index contributed by atoms with van der Waals surface area (Å²) in [6.07, 6.45) is -5.88. The number of rotatable bonds is 24. The number of aromatic nitrogens is 4. The molecule has 0 aliphatic carbocycles. The second-order valence-corrected chi connectivity index (χ2v) is 20.3. The molecule has 1 aliphatic rings. The summed E-state index contributed by atoms with van der Waals surface area (Å²) in [6.45, 7) is 40.4. The molecule has 426 valence electrons. The lowest BCUT2D eigenvalue weighted by Gasteiger charge is -2.37. The van der Waals surface area contributed by atoms with Crippen molar-refractivity contribution in [3.05, 3.63) is 60.7 Å². The smallest absolute Gasteiger partial charge is 0.291 e. The normalized spacial score (nSPS) is 19.0. The van der Waals surface area contributed by atoms with E-state index in [4.69, 9.17) is 10.5 Å². The first kappa shape index (κ1) is 69.9. The summed E-state index contributed by atoms with van der Waals surface area (Å²) in [5.41, 5.74) is -3.55. The van der Waals surface area contributed by atoms with E-state index in [0.29, 0.717) is 10.9 Å². The maximum absolute atomic E-state index is 12.2. The van der Waals surface area contributed by atoms with E-state index >= 15 is 0 Å². The van der Waals surface area contributed by atoms with Gasteiger partial charge in [0.25, 0.3) is 32.7 Å². The van der Waals surface area contributed by atoms with Crippen LogP contribution >= 0.6 is 23.5 Å². The van der Waals surface area contributed by atoms with Crippen molar-refractivity contribution in [2.45, 2.75) is 107 Å². The Balaban J connectivity index is 0.00000154. The highest BCUT2D eigenvalue weighted by molar-refractivity contribution is 7.64. The molecule has 3 aromatic rings. The molecule has 1 saturated heterocycles. The number of ether oxygens (including phenoxy) is 1. The number of hydrogen-bond acceptors (Lipinski definition) is 23. The lowest BCUT2D eigenvalue weighted by atomic mass is 9.91. The molecule has 2 aromatic heterocycles. The number of phosphoric acid groups is 3. The van der Waals surface area contributed by atoms with E-state index in [0.717, 1.165) is 6.33 Å². The van der Waals surface area contributed by atoms with Gasteiger partial charge in [-0.2, -0.15) is 0 Å². The Morgan fingerprint density at radius 2 is 1.04 bits per heavy atom. The standard InChI is InChI=1S/C16H17N8O19P3.4C6H15N/c17-14-11-15(19-4-18-14)21(5-20-11)16(10-7(23(29)30)1-6(22(27)28)2-8(10)24(31)32)13(26)12(25)9(41-16)3-40-45(36,37)43-46(38,39)42-44(33,34)35;4*1-4-7(5-2)6-3/h1-2,4-5,9,12-13,25-26H,3H2,(H,36,37)(H,38,39)(H2,17,18,19)(H2,33,34,35);4*4-6H2,1-3H3/t9-,12-,13-,16-;;;;/m1..../s1. The van der Waals surface area contributed by atoms with Crippen molar-refractivity contribution in [2.75, 3.05) is 90.9 Å². The first-order valence-electron chi connectivity index (χ1n) is 24.1. The number of nitro benzene ring substituents is 3. The van der Waals surface area contributed by atoms with Crippen molar-refractivity contribution in [2.24, 2.45) is 0 Å². The summed E-state index contributed by atoms with van der Waals surface area (Å²) in [5, 5.41) is 58.0. The quantitative estimate of drug-likeness (QED) is 0.0260. The van der Waals surface area contributed by atoms with Gasteiger partial charge in [-0.1, -0.05) is 0 Å². The largest absolute Gasteiger partial charge is 0.790 e. The summed E-state index contributed by atoms with van der Waals surface area (Å²) in [5.74, 6) is -0.353. The average molecular weight is 1120 g/mol. The van der Waals surface area contributed by atoms with Gasteiger partial charge >= 0.3 is 0 Å². The number of aliphatic hydroxyl groups is 2. The van der Waals surface area contributed by atoms with E-state index in [9.17, 15) is 73.8 Å². The molecule has 3 heterocycles. The molecule has 31 nitrogen and oxygen atoms in total. The van der Waals surface area contributed by atoms with Crippen LogP contribution in [0.2, 0.25) is 0 Å². The molecule has 0 bridgehead atoms. The zero-order valence-electron chi connectivity index (χ0n) is 44.1. The Hall–Kier alpha value is -4.10. The third-order valence-electron chi connectivity index (χ3n) is 12.0. The van der Waals surface area contributed by atoms with E-state index in [1.54, 1.807) is 19.6 Å². The Labute approximate surface area is 430 Å². The minimum absolute atomic E-state index is 0.245. The molecule has 74 heavy (non-hydrogen) atoms. The van der Waals surface area contributed by atoms with Crippen molar-refractivity contribution >= 4 is 57.5 Å². The first-order chi connectivity index (χ1) is 34.5. The van der Waals surface area contributed by atoms with Crippen LogP contribution < -0.4 is 44.9 Å². The van der Waals surface area contributed by atoms with Crippen LogP contribution in [0.25, 0.3) is 11.2 Å². The Kier molecular flexibility index (Phi) is 31.3. The fourth-order valence-corrected chi connectivity index (χ4v) is 10.2. The maximum atomic E-state index is 12.2. The Morgan fingerprint density at radius 1 is 0.649 bits per heavy atom. The zero-order valence-corrected chi connectivity index (χ0v) is 46.8. The molecular formula is C40H77N12O19P3. The SMILES string of the molecule is CC[NH+](CC)CC.CC[NH+](CC)CC.CC[NH+](CC)CC.CC[NH+](CC)CC.Nc1ncnc2c1ncn2[C@]1(c2c([N+](=O)[O-])cc([N+](=O)[O-])cc2[N+](=O)[O-])O[C@H](COP(=O)([O-])OP(=O)([O-])OP(=O)([O-])[O-])[C@@H](O)[C@H]1O.